The average molecular weight is 355 g/mol. The molecule has 2 fully saturated rings. The van der Waals surface area contributed by atoms with E-state index in [0.717, 1.165) is 16.8 Å². The highest BCUT2D eigenvalue weighted by molar-refractivity contribution is 5.68. The molecule has 1 aromatic heterocycles. The zero-order valence-electron chi connectivity index (χ0n) is 12.8. The van der Waals surface area contributed by atoms with E-state index in [1.54, 1.807) is 0 Å². The summed E-state index contributed by atoms with van der Waals surface area (Å²) in [7, 11) is 1.29. The van der Waals surface area contributed by atoms with E-state index in [0.29, 0.717) is 0 Å². The Bertz CT molecular complexity index is 844. The Morgan fingerprint density at radius 3 is 2.92 bits per heavy atom. The van der Waals surface area contributed by atoms with Crippen LogP contribution >= 0.6 is 0 Å². The summed E-state index contributed by atoms with van der Waals surface area (Å²) in [6.07, 6.45) is -2.95. The standard InChI is InChI=1S/C12H13N5O8/c1-22-11-23-7-8(24-11)12(15-16-13,4-6(19)20)25-9(7)17-3-2-5(18)14-10(17)21/h2-3,7-9,11H,4H2,1H3,(H,19,20)(H,14,18,21)/t7?,8-,9+,11+,12+/m0/s1. The summed E-state index contributed by atoms with van der Waals surface area (Å²) < 4.78 is 22.4. The fourth-order valence-electron chi connectivity index (χ4n) is 2.86. The van der Waals surface area contributed by atoms with Crippen molar-refractivity contribution in [3.8, 4) is 0 Å². The molecule has 2 aliphatic rings. The second-order valence-electron chi connectivity index (χ2n) is 5.31. The Hall–Kier alpha value is -2.70. The zero-order chi connectivity index (χ0) is 18.2. The van der Waals surface area contributed by atoms with Gasteiger partial charge < -0.3 is 24.1 Å². The van der Waals surface area contributed by atoms with Crippen molar-refractivity contribution in [3.05, 3.63) is 43.5 Å². The minimum absolute atomic E-state index is 0.624. The smallest absolute Gasteiger partial charge is 0.330 e. The molecule has 0 saturated carbocycles. The van der Waals surface area contributed by atoms with Crippen LogP contribution in [0.4, 0.5) is 0 Å². The van der Waals surface area contributed by atoms with Crippen molar-refractivity contribution in [3.63, 3.8) is 0 Å². The van der Waals surface area contributed by atoms with Crippen LogP contribution in [0, 0.1) is 0 Å². The van der Waals surface area contributed by atoms with E-state index in [4.69, 9.17) is 29.6 Å². The van der Waals surface area contributed by atoms with Crippen LogP contribution in [0.5, 0.6) is 0 Å². The summed E-state index contributed by atoms with van der Waals surface area (Å²) in [6.45, 7) is -1.16. The van der Waals surface area contributed by atoms with Crippen LogP contribution in [0.3, 0.4) is 0 Å². The second-order valence-corrected chi connectivity index (χ2v) is 5.31. The van der Waals surface area contributed by atoms with E-state index in [-0.39, 0.29) is 0 Å². The number of nitrogens with one attached hydrogen (secondary N) is 1. The minimum Gasteiger partial charge on any atom is -0.481 e. The van der Waals surface area contributed by atoms with Gasteiger partial charge >= 0.3 is 11.7 Å². The lowest BCUT2D eigenvalue weighted by atomic mass is 10.0. The number of nitrogens with zero attached hydrogens (tertiary/aromatic N) is 4. The fraction of sp³-hybridized carbons (Fsp3) is 0.583. The number of H-pyrrole nitrogens is 1. The maximum absolute atomic E-state index is 12.0. The third kappa shape index (κ3) is 2.90. The van der Waals surface area contributed by atoms with Gasteiger partial charge in [-0.15, -0.1) is 0 Å². The number of fused-ring (bicyclic) bond motifs is 1. The number of ether oxygens (including phenoxy) is 4. The first-order valence-corrected chi connectivity index (χ1v) is 7.01. The molecule has 0 amide bonds. The van der Waals surface area contributed by atoms with Crippen molar-refractivity contribution >= 4 is 5.97 Å². The summed E-state index contributed by atoms with van der Waals surface area (Å²) in [6, 6.07) is 1.08. The van der Waals surface area contributed by atoms with Crippen molar-refractivity contribution in [1.29, 1.82) is 0 Å². The summed E-state index contributed by atoms with van der Waals surface area (Å²) in [5, 5.41) is 12.6. The molecule has 1 aromatic rings. The molecule has 2 N–H and O–H groups in total. The van der Waals surface area contributed by atoms with Crippen LogP contribution in [-0.4, -0.2) is 52.1 Å². The van der Waals surface area contributed by atoms with Gasteiger partial charge in [0, 0.05) is 24.3 Å². The maximum atomic E-state index is 12.0. The van der Waals surface area contributed by atoms with Gasteiger partial charge in [0.15, 0.2) is 12.0 Å². The number of azide groups is 1. The molecule has 3 heterocycles. The molecule has 2 aliphatic heterocycles. The number of hydrogen-bond acceptors (Lipinski definition) is 8. The maximum Gasteiger partial charge on any atom is 0.330 e. The third-order valence-electron chi connectivity index (χ3n) is 3.81. The van der Waals surface area contributed by atoms with Crippen LogP contribution in [0.25, 0.3) is 10.4 Å². The topological polar surface area (TPSA) is 178 Å². The van der Waals surface area contributed by atoms with Crippen molar-refractivity contribution in [2.75, 3.05) is 7.11 Å². The normalized spacial score (nSPS) is 33.6. The molecule has 13 heteroatoms. The van der Waals surface area contributed by atoms with Crippen LogP contribution in [0.15, 0.2) is 27.0 Å². The van der Waals surface area contributed by atoms with Gasteiger partial charge in [0.25, 0.3) is 12.0 Å². The lowest BCUT2D eigenvalue weighted by Crippen LogP contribution is -2.42. The van der Waals surface area contributed by atoms with Gasteiger partial charge in [-0.2, -0.15) is 0 Å². The number of aliphatic carboxylic acids is 1. The monoisotopic (exact) mass is 355 g/mol. The first-order chi connectivity index (χ1) is 11.9. The number of methoxy groups -OCH3 is 1. The molecule has 3 rings (SSSR count). The van der Waals surface area contributed by atoms with Crippen LogP contribution in [0.1, 0.15) is 12.6 Å². The summed E-state index contributed by atoms with van der Waals surface area (Å²) in [4.78, 5) is 39.2. The van der Waals surface area contributed by atoms with E-state index in [1.165, 1.54) is 7.11 Å². The van der Waals surface area contributed by atoms with Gasteiger partial charge in [-0.3, -0.25) is 19.1 Å². The summed E-state index contributed by atoms with van der Waals surface area (Å²) in [5.41, 5.74) is 5.44. The summed E-state index contributed by atoms with van der Waals surface area (Å²) >= 11 is 0. The first kappa shape index (κ1) is 17.1. The lowest BCUT2D eigenvalue weighted by molar-refractivity contribution is -0.268. The van der Waals surface area contributed by atoms with Crippen molar-refractivity contribution in [1.82, 2.24) is 9.55 Å². The molecule has 1 unspecified atom stereocenters. The number of aromatic amines is 1. The predicted molar refractivity (Wildman–Crippen MR) is 76.1 cm³/mol. The molecule has 0 spiro atoms. The van der Waals surface area contributed by atoms with Crippen LogP contribution < -0.4 is 11.2 Å². The molecular weight excluding hydrogens is 342 g/mol. The highest BCUT2D eigenvalue weighted by Crippen LogP contribution is 2.47. The SMILES string of the molecule is CO[C@@H]1OC2[C@H](n3ccc(=O)[nH]c3=O)O[C@@](CC(=O)O)(N=[N+]=[N-])[C@H]2O1. The highest BCUT2D eigenvalue weighted by atomic mass is 16.9. The second kappa shape index (κ2) is 6.31. The molecule has 0 aliphatic carbocycles. The molecule has 0 radical (unpaired) electrons. The molecule has 0 bridgehead atoms. The van der Waals surface area contributed by atoms with Gasteiger partial charge in [-0.05, 0) is 5.53 Å². The highest BCUT2D eigenvalue weighted by Gasteiger charge is 2.63. The fourth-order valence-corrected chi connectivity index (χ4v) is 2.86. The van der Waals surface area contributed by atoms with Gasteiger partial charge in [-0.1, -0.05) is 5.11 Å². The Morgan fingerprint density at radius 1 is 1.56 bits per heavy atom. The Labute approximate surface area is 138 Å². The zero-order valence-corrected chi connectivity index (χ0v) is 12.8. The van der Waals surface area contributed by atoms with Gasteiger partial charge in [0.05, 0.1) is 6.42 Å². The van der Waals surface area contributed by atoms with Crippen LogP contribution in [0.2, 0.25) is 0 Å². The number of carboxylic acid groups (broad SMARTS) is 1. The molecule has 134 valence electrons. The van der Waals surface area contributed by atoms with Crippen molar-refractivity contribution in [2.24, 2.45) is 5.11 Å². The van der Waals surface area contributed by atoms with Gasteiger partial charge in [0.1, 0.15) is 12.2 Å². The van der Waals surface area contributed by atoms with E-state index < -0.39 is 54.3 Å². The van der Waals surface area contributed by atoms with E-state index in [1.807, 2.05) is 4.98 Å². The Morgan fingerprint density at radius 2 is 2.32 bits per heavy atom. The van der Waals surface area contributed by atoms with Crippen LogP contribution in [-0.2, 0) is 23.7 Å². The van der Waals surface area contributed by atoms with Gasteiger partial charge in [0.2, 0.25) is 0 Å². The number of carboxylic acids is 1. The molecule has 2 saturated heterocycles. The number of rotatable bonds is 5. The third-order valence-corrected chi connectivity index (χ3v) is 3.81. The largest absolute Gasteiger partial charge is 0.481 e. The average Bonchev–Trinajstić information content (AvgIpc) is 3.07. The molecule has 5 atom stereocenters. The number of aromatic nitrogens is 2. The number of hydrogen-bond donors (Lipinski definition) is 2. The van der Waals surface area contributed by atoms with E-state index in [2.05, 4.69) is 10.0 Å². The van der Waals surface area contributed by atoms with Gasteiger partial charge in [-0.25, -0.2) is 4.79 Å². The minimum atomic E-state index is -1.96. The first-order valence-electron chi connectivity index (χ1n) is 7.01. The molecule has 13 nitrogen and oxygen atoms in total. The van der Waals surface area contributed by atoms with E-state index >= 15 is 0 Å². The Kier molecular flexibility index (Phi) is 4.32. The molecule has 25 heavy (non-hydrogen) atoms. The Balaban J connectivity index is 2.08. The van der Waals surface area contributed by atoms with Crippen molar-refractivity contribution < 1.29 is 28.8 Å². The molecule has 0 aromatic carbocycles. The molecular formula is C12H13N5O8. The number of carbonyl (C=O) groups is 1. The lowest BCUT2D eigenvalue weighted by Gasteiger charge is -2.27. The predicted octanol–water partition coefficient (Wildman–Crippen LogP) is -0.739. The quantitative estimate of drug-likeness (QED) is 0.394. The summed E-state index contributed by atoms with van der Waals surface area (Å²) in [5.74, 6) is -1.31. The van der Waals surface area contributed by atoms with Crippen molar-refractivity contribution in [2.45, 2.75) is 37.1 Å². The van der Waals surface area contributed by atoms with E-state index in [9.17, 15) is 14.4 Å².